The van der Waals surface area contributed by atoms with Crippen molar-refractivity contribution in [3.63, 3.8) is 0 Å². The smallest absolute Gasteiger partial charge is 0.272 e. The normalized spacial score (nSPS) is 10.1. The predicted octanol–water partition coefficient (Wildman–Crippen LogP) is 2.10. The highest BCUT2D eigenvalue weighted by Gasteiger charge is 2.09. The molecule has 0 spiro atoms. The van der Waals surface area contributed by atoms with Gasteiger partial charge in [-0.05, 0) is 29.8 Å². The molecule has 0 aliphatic heterocycles. The number of phenols is 1. The van der Waals surface area contributed by atoms with Gasteiger partial charge in [-0.1, -0.05) is 12.1 Å². The molecule has 104 valence electrons. The van der Waals surface area contributed by atoms with Crippen molar-refractivity contribution in [1.82, 2.24) is 9.88 Å². The van der Waals surface area contributed by atoms with Gasteiger partial charge >= 0.3 is 0 Å². The maximum Gasteiger partial charge on any atom is 0.272 e. The monoisotopic (exact) mass is 271 g/mol. The molecule has 5 heteroatoms. The Hall–Kier alpha value is -2.56. The SMILES string of the molecule is CN(C)C(=O)c1cc(NCc2ccc(O)cc2)ccn1. The van der Waals surface area contributed by atoms with Gasteiger partial charge in [-0.25, -0.2) is 0 Å². The van der Waals surface area contributed by atoms with Crippen molar-refractivity contribution in [2.75, 3.05) is 19.4 Å². The molecule has 2 aromatic rings. The van der Waals surface area contributed by atoms with E-state index in [4.69, 9.17) is 0 Å². The van der Waals surface area contributed by atoms with Crippen molar-refractivity contribution >= 4 is 11.6 Å². The molecule has 0 unspecified atom stereocenters. The van der Waals surface area contributed by atoms with Crippen LogP contribution in [0.15, 0.2) is 42.6 Å². The van der Waals surface area contributed by atoms with Crippen molar-refractivity contribution < 1.29 is 9.90 Å². The van der Waals surface area contributed by atoms with E-state index in [0.29, 0.717) is 12.2 Å². The van der Waals surface area contributed by atoms with Crippen molar-refractivity contribution in [2.45, 2.75) is 6.54 Å². The molecule has 0 saturated heterocycles. The Morgan fingerprint density at radius 2 is 1.95 bits per heavy atom. The summed E-state index contributed by atoms with van der Waals surface area (Å²) in [7, 11) is 3.39. The lowest BCUT2D eigenvalue weighted by Gasteiger charge is -2.11. The summed E-state index contributed by atoms with van der Waals surface area (Å²) >= 11 is 0. The molecule has 2 rings (SSSR count). The first-order valence-electron chi connectivity index (χ1n) is 6.26. The van der Waals surface area contributed by atoms with Gasteiger partial charge in [0.2, 0.25) is 0 Å². The lowest BCUT2D eigenvalue weighted by atomic mass is 10.2. The molecule has 0 saturated carbocycles. The number of aromatic nitrogens is 1. The number of rotatable bonds is 4. The van der Waals surface area contributed by atoms with Gasteiger partial charge in [-0.3, -0.25) is 9.78 Å². The Balaban J connectivity index is 2.05. The second kappa shape index (κ2) is 6.06. The molecular weight excluding hydrogens is 254 g/mol. The van der Waals surface area contributed by atoms with Crippen LogP contribution in [0.3, 0.4) is 0 Å². The fraction of sp³-hybridized carbons (Fsp3) is 0.200. The second-order valence-corrected chi connectivity index (χ2v) is 4.65. The van der Waals surface area contributed by atoms with Crippen LogP contribution in [0.2, 0.25) is 0 Å². The first-order chi connectivity index (χ1) is 9.56. The number of anilines is 1. The van der Waals surface area contributed by atoms with Crippen LogP contribution < -0.4 is 5.32 Å². The third kappa shape index (κ3) is 3.47. The van der Waals surface area contributed by atoms with E-state index in [9.17, 15) is 9.90 Å². The number of benzene rings is 1. The van der Waals surface area contributed by atoms with Crippen LogP contribution in [0.5, 0.6) is 5.75 Å². The number of hydrogen-bond donors (Lipinski definition) is 2. The molecule has 5 nitrogen and oxygen atoms in total. The number of carbonyl (C=O) groups is 1. The van der Waals surface area contributed by atoms with Crippen LogP contribution >= 0.6 is 0 Å². The van der Waals surface area contributed by atoms with Gasteiger partial charge in [0.1, 0.15) is 11.4 Å². The van der Waals surface area contributed by atoms with Crippen LogP contribution in [0, 0.1) is 0 Å². The zero-order chi connectivity index (χ0) is 14.5. The lowest BCUT2D eigenvalue weighted by molar-refractivity contribution is 0.0822. The molecule has 0 radical (unpaired) electrons. The number of nitrogens with one attached hydrogen (secondary N) is 1. The van der Waals surface area contributed by atoms with Crippen molar-refractivity contribution in [1.29, 1.82) is 0 Å². The highest BCUT2D eigenvalue weighted by Crippen LogP contribution is 2.13. The summed E-state index contributed by atoms with van der Waals surface area (Å²) in [5.74, 6) is 0.120. The number of carbonyl (C=O) groups excluding carboxylic acids is 1. The minimum absolute atomic E-state index is 0.127. The Kier molecular flexibility index (Phi) is 4.20. The Morgan fingerprint density at radius 3 is 2.60 bits per heavy atom. The third-order valence-corrected chi connectivity index (χ3v) is 2.82. The number of hydrogen-bond acceptors (Lipinski definition) is 4. The molecule has 1 aromatic carbocycles. The van der Waals surface area contributed by atoms with Crippen LogP contribution in [0.4, 0.5) is 5.69 Å². The zero-order valence-electron chi connectivity index (χ0n) is 11.5. The van der Waals surface area contributed by atoms with E-state index in [1.165, 1.54) is 4.90 Å². The summed E-state index contributed by atoms with van der Waals surface area (Å²) in [4.78, 5) is 17.4. The summed E-state index contributed by atoms with van der Waals surface area (Å²) in [6.45, 7) is 0.611. The largest absolute Gasteiger partial charge is 0.508 e. The fourth-order valence-corrected chi connectivity index (χ4v) is 1.70. The standard InChI is InChI=1S/C15H17N3O2/c1-18(2)15(20)14-9-12(7-8-16-14)17-10-11-3-5-13(19)6-4-11/h3-9,19H,10H2,1-2H3,(H,16,17). The molecule has 1 aromatic heterocycles. The van der Waals surface area contributed by atoms with Gasteiger partial charge in [0, 0.05) is 32.5 Å². The molecule has 1 amide bonds. The lowest BCUT2D eigenvalue weighted by Crippen LogP contribution is -2.22. The molecule has 20 heavy (non-hydrogen) atoms. The van der Waals surface area contributed by atoms with Gasteiger partial charge < -0.3 is 15.3 Å². The fourth-order valence-electron chi connectivity index (χ4n) is 1.70. The average molecular weight is 271 g/mol. The molecule has 0 fully saturated rings. The van der Waals surface area contributed by atoms with E-state index in [2.05, 4.69) is 10.3 Å². The summed E-state index contributed by atoms with van der Waals surface area (Å²) in [5, 5.41) is 12.4. The molecular formula is C15H17N3O2. The van der Waals surface area contributed by atoms with Crippen LogP contribution in [-0.2, 0) is 6.54 Å². The highest BCUT2D eigenvalue weighted by atomic mass is 16.3. The third-order valence-electron chi connectivity index (χ3n) is 2.82. The quantitative estimate of drug-likeness (QED) is 0.893. The van der Waals surface area contributed by atoms with Crippen molar-refractivity contribution in [2.24, 2.45) is 0 Å². The maximum atomic E-state index is 11.8. The predicted molar refractivity (Wildman–Crippen MR) is 77.7 cm³/mol. The van der Waals surface area contributed by atoms with E-state index in [1.807, 2.05) is 18.2 Å². The average Bonchev–Trinajstić information content (AvgIpc) is 2.46. The van der Waals surface area contributed by atoms with E-state index < -0.39 is 0 Å². The van der Waals surface area contributed by atoms with Gasteiger partial charge in [0.25, 0.3) is 5.91 Å². The first-order valence-corrected chi connectivity index (χ1v) is 6.26. The van der Waals surface area contributed by atoms with Gasteiger partial charge in [0.15, 0.2) is 0 Å². The molecule has 0 aliphatic rings. The first kappa shape index (κ1) is 13.9. The molecule has 0 bridgehead atoms. The van der Waals surface area contributed by atoms with Gasteiger partial charge in [-0.15, -0.1) is 0 Å². The molecule has 0 atom stereocenters. The van der Waals surface area contributed by atoms with Crippen LogP contribution in [0.25, 0.3) is 0 Å². The topological polar surface area (TPSA) is 65.5 Å². The maximum absolute atomic E-state index is 11.8. The Bertz CT molecular complexity index is 594. The number of phenolic OH excluding ortho intramolecular Hbond substituents is 1. The van der Waals surface area contributed by atoms with E-state index >= 15 is 0 Å². The summed E-state index contributed by atoms with van der Waals surface area (Å²) in [5.41, 5.74) is 2.28. The summed E-state index contributed by atoms with van der Waals surface area (Å²) in [6.07, 6.45) is 1.61. The number of pyridine rings is 1. The Morgan fingerprint density at radius 1 is 1.25 bits per heavy atom. The number of aromatic hydroxyl groups is 1. The summed E-state index contributed by atoms with van der Waals surface area (Å²) in [6, 6.07) is 10.5. The van der Waals surface area contributed by atoms with Gasteiger partial charge in [-0.2, -0.15) is 0 Å². The second-order valence-electron chi connectivity index (χ2n) is 4.65. The molecule has 0 aliphatic carbocycles. The minimum atomic E-state index is -0.127. The van der Waals surface area contributed by atoms with Crippen LogP contribution in [-0.4, -0.2) is 35.0 Å². The molecule has 1 heterocycles. The number of amides is 1. The van der Waals surface area contributed by atoms with Crippen molar-refractivity contribution in [3.05, 3.63) is 53.9 Å². The van der Waals surface area contributed by atoms with Crippen molar-refractivity contribution in [3.8, 4) is 5.75 Å². The van der Waals surface area contributed by atoms with E-state index in [-0.39, 0.29) is 11.7 Å². The Labute approximate surface area is 117 Å². The van der Waals surface area contributed by atoms with Crippen LogP contribution in [0.1, 0.15) is 16.1 Å². The minimum Gasteiger partial charge on any atom is -0.508 e. The van der Waals surface area contributed by atoms with E-state index in [0.717, 1.165) is 11.3 Å². The van der Waals surface area contributed by atoms with E-state index in [1.54, 1.807) is 38.5 Å². The number of nitrogens with zero attached hydrogens (tertiary/aromatic N) is 2. The zero-order valence-corrected chi connectivity index (χ0v) is 11.5. The summed E-state index contributed by atoms with van der Waals surface area (Å²) < 4.78 is 0. The highest BCUT2D eigenvalue weighted by molar-refractivity contribution is 5.92. The molecule has 2 N–H and O–H groups in total. The van der Waals surface area contributed by atoms with Gasteiger partial charge in [0.05, 0.1) is 0 Å².